The van der Waals surface area contributed by atoms with E-state index in [9.17, 15) is 9.59 Å². The van der Waals surface area contributed by atoms with E-state index in [1.807, 2.05) is 26.8 Å². The molecule has 0 unspecified atom stereocenters. The molecule has 2 aromatic rings. The Balaban J connectivity index is 1.55. The zero-order valence-corrected chi connectivity index (χ0v) is 17.6. The van der Waals surface area contributed by atoms with Crippen LogP contribution < -0.4 is 10.2 Å². The summed E-state index contributed by atoms with van der Waals surface area (Å²) in [6.07, 6.45) is 1.26. The Labute approximate surface area is 175 Å². The molecule has 1 fully saturated rings. The van der Waals surface area contributed by atoms with Crippen molar-refractivity contribution in [1.82, 2.24) is 9.88 Å². The lowest BCUT2D eigenvalue weighted by Crippen LogP contribution is -2.50. The van der Waals surface area contributed by atoms with Crippen LogP contribution in [-0.4, -0.2) is 53.7 Å². The second-order valence-corrected chi connectivity index (χ2v) is 8.26. The molecule has 2 amide bonds. The number of benzene rings is 1. The largest absolute Gasteiger partial charge is 0.444 e. The molecule has 1 aliphatic rings. The molecule has 0 aliphatic carbocycles. The number of ether oxygens (including phenoxy) is 1. The predicted molar refractivity (Wildman–Crippen MR) is 114 cm³/mol. The molecule has 1 aliphatic heterocycles. The van der Waals surface area contributed by atoms with E-state index in [-0.39, 0.29) is 12.0 Å². The van der Waals surface area contributed by atoms with Crippen molar-refractivity contribution in [3.63, 3.8) is 0 Å². The number of carbonyl (C=O) groups excluding carboxylic acids is 2. The number of halogens is 1. The highest BCUT2D eigenvalue weighted by Gasteiger charge is 2.26. The average molecular weight is 417 g/mol. The van der Waals surface area contributed by atoms with Crippen LogP contribution in [0.5, 0.6) is 0 Å². The molecule has 0 atom stereocenters. The minimum Gasteiger partial charge on any atom is -0.444 e. The maximum Gasteiger partial charge on any atom is 0.410 e. The van der Waals surface area contributed by atoms with Gasteiger partial charge in [0.1, 0.15) is 11.4 Å². The van der Waals surface area contributed by atoms with Crippen molar-refractivity contribution < 1.29 is 14.3 Å². The first-order valence-electron chi connectivity index (χ1n) is 9.47. The van der Waals surface area contributed by atoms with E-state index in [1.54, 1.807) is 41.4 Å². The van der Waals surface area contributed by atoms with Gasteiger partial charge in [0, 0.05) is 43.1 Å². The van der Waals surface area contributed by atoms with Crippen LogP contribution in [0.15, 0.2) is 42.6 Å². The average Bonchev–Trinajstić information content (AvgIpc) is 2.67. The maximum absolute atomic E-state index is 12.4. The van der Waals surface area contributed by atoms with Gasteiger partial charge in [-0.15, -0.1) is 0 Å². The lowest BCUT2D eigenvalue weighted by Gasteiger charge is -2.36. The number of pyridine rings is 1. The monoisotopic (exact) mass is 416 g/mol. The summed E-state index contributed by atoms with van der Waals surface area (Å²) in [6.45, 7) is 8.00. The van der Waals surface area contributed by atoms with Crippen LogP contribution in [0.2, 0.25) is 5.02 Å². The van der Waals surface area contributed by atoms with Crippen LogP contribution in [-0.2, 0) is 4.74 Å². The molecule has 7 nitrogen and oxygen atoms in total. The number of nitrogens with one attached hydrogen (secondary N) is 1. The minimum absolute atomic E-state index is 0.249. The van der Waals surface area contributed by atoms with Gasteiger partial charge < -0.3 is 19.9 Å². The summed E-state index contributed by atoms with van der Waals surface area (Å²) in [5, 5.41) is 3.36. The first kappa shape index (κ1) is 20.9. The number of amides is 2. The van der Waals surface area contributed by atoms with Gasteiger partial charge in [0.05, 0.1) is 5.56 Å². The van der Waals surface area contributed by atoms with E-state index >= 15 is 0 Å². The molecule has 2 heterocycles. The molecule has 154 valence electrons. The number of hydrogen-bond donors (Lipinski definition) is 1. The van der Waals surface area contributed by atoms with Gasteiger partial charge in [-0.1, -0.05) is 17.7 Å². The third kappa shape index (κ3) is 5.84. The summed E-state index contributed by atoms with van der Waals surface area (Å²) in [5.74, 6) is 0.522. The van der Waals surface area contributed by atoms with Gasteiger partial charge in [-0.25, -0.2) is 9.78 Å². The number of anilines is 2. The Morgan fingerprint density at radius 1 is 1.10 bits per heavy atom. The Kier molecular flexibility index (Phi) is 6.27. The summed E-state index contributed by atoms with van der Waals surface area (Å²) in [6, 6.07) is 10.5. The van der Waals surface area contributed by atoms with Crippen molar-refractivity contribution in [2.75, 3.05) is 36.4 Å². The molecular weight excluding hydrogens is 392 g/mol. The summed E-state index contributed by atoms with van der Waals surface area (Å²) < 4.78 is 5.42. The van der Waals surface area contributed by atoms with Crippen molar-refractivity contribution >= 4 is 35.1 Å². The van der Waals surface area contributed by atoms with Crippen molar-refractivity contribution in [2.24, 2.45) is 0 Å². The summed E-state index contributed by atoms with van der Waals surface area (Å²) in [7, 11) is 0. The molecule has 1 aromatic heterocycles. The Bertz CT molecular complexity index is 872. The maximum atomic E-state index is 12.4. The minimum atomic E-state index is -0.503. The summed E-state index contributed by atoms with van der Waals surface area (Å²) in [5.41, 5.74) is 0.586. The molecule has 29 heavy (non-hydrogen) atoms. The number of piperazine rings is 1. The van der Waals surface area contributed by atoms with Crippen molar-refractivity contribution in [3.8, 4) is 0 Å². The van der Waals surface area contributed by atoms with E-state index in [0.717, 1.165) is 5.82 Å². The van der Waals surface area contributed by atoms with E-state index in [0.29, 0.717) is 42.5 Å². The fraction of sp³-hybridized carbons (Fsp3) is 0.381. The molecule has 0 radical (unpaired) electrons. The third-order valence-electron chi connectivity index (χ3n) is 4.35. The highest BCUT2D eigenvalue weighted by atomic mass is 35.5. The fourth-order valence-corrected chi connectivity index (χ4v) is 3.11. The van der Waals surface area contributed by atoms with Gasteiger partial charge in [0.15, 0.2) is 0 Å². The Hall–Kier alpha value is -2.80. The van der Waals surface area contributed by atoms with E-state index in [1.165, 1.54) is 0 Å². The standard InChI is InChI=1S/C21H25ClN4O3/c1-21(2,3)29-20(28)26-11-9-25(10-12-26)18-8-7-15(14-23-18)19(27)24-17-6-4-5-16(22)13-17/h4-8,13-14H,9-12H2,1-3H3,(H,24,27). The van der Waals surface area contributed by atoms with Gasteiger partial charge in [0.2, 0.25) is 0 Å². The topological polar surface area (TPSA) is 74.8 Å². The predicted octanol–water partition coefficient (Wildman–Crippen LogP) is 4.04. The second-order valence-electron chi connectivity index (χ2n) is 7.82. The first-order valence-corrected chi connectivity index (χ1v) is 9.85. The summed E-state index contributed by atoms with van der Waals surface area (Å²) >= 11 is 5.94. The number of carbonyl (C=O) groups is 2. The van der Waals surface area contributed by atoms with Crippen LogP contribution >= 0.6 is 11.6 Å². The third-order valence-corrected chi connectivity index (χ3v) is 4.58. The SMILES string of the molecule is CC(C)(C)OC(=O)N1CCN(c2ccc(C(=O)Nc3cccc(Cl)c3)cn2)CC1. The molecule has 8 heteroatoms. The number of nitrogens with zero attached hydrogens (tertiary/aromatic N) is 3. The molecule has 3 rings (SSSR count). The molecule has 0 saturated carbocycles. The van der Waals surface area contributed by atoms with E-state index in [2.05, 4.69) is 15.2 Å². The van der Waals surface area contributed by atoms with Gasteiger partial charge in [0.25, 0.3) is 5.91 Å². The first-order chi connectivity index (χ1) is 13.7. The summed E-state index contributed by atoms with van der Waals surface area (Å²) in [4.78, 5) is 32.7. The van der Waals surface area contributed by atoms with E-state index in [4.69, 9.17) is 16.3 Å². The zero-order valence-electron chi connectivity index (χ0n) is 16.8. The normalized spacial score (nSPS) is 14.5. The molecule has 1 aromatic carbocycles. The van der Waals surface area contributed by atoms with Gasteiger partial charge in [-0.2, -0.15) is 0 Å². The van der Waals surface area contributed by atoms with Crippen molar-refractivity contribution in [1.29, 1.82) is 0 Å². The zero-order chi connectivity index (χ0) is 21.0. The van der Waals surface area contributed by atoms with Crippen LogP contribution in [0.4, 0.5) is 16.3 Å². The number of hydrogen-bond acceptors (Lipinski definition) is 5. The molecule has 0 spiro atoms. The number of aromatic nitrogens is 1. The van der Waals surface area contributed by atoms with Crippen LogP contribution in [0.1, 0.15) is 31.1 Å². The van der Waals surface area contributed by atoms with Gasteiger partial charge >= 0.3 is 6.09 Å². The lowest BCUT2D eigenvalue weighted by molar-refractivity contribution is 0.0240. The Morgan fingerprint density at radius 3 is 2.41 bits per heavy atom. The lowest BCUT2D eigenvalue weighted by atomic mass is 10.2. The van der Waals surface area contributed by atoms with Crippen molar-refractivity contribution in [3.05, 3.63) is 53.2 Å². The van der Waals surface area contributed by atoms with Gasteiger partial charge in [-0.3, -0.25) is 4.79 Å². The fourth-order valence-electron chi connectivity index (χ4n) is 2.92. The quantitative estimate of drug-likeness (QED) is 0.817. The van der Waals surface area contributed by atoms with Crippen LogP contribution in [0.3, 0.4) is 0 Å². The smallest absolute Gasteiger partial charge is 0.410 e. The molecule has 0 bridgehead atoms. The Morgan fingerprint density at radius 2 is 1.83 bits per heavy atom. The van der Waals surface area contributed by atoms with Crippen LogP contribution in [0.25, 0.3) is 0 Å². The molecular formula is C21H25ClN4O3. The van der Waals surface area contributed by atoms with E-state index < -0.39 is 5.60 Å². The van der Waals surface area contributed by atoms with Crippen molar-refractivity contribution in [2.45, 2.75) is 26.4 Å². The highest BCUT2D eigenvalue weighted by molar-refractivity contribution is 6.30. The van der Waals surface area contributed by atoms with Crippen LogP contribution in [0, 0.1) is 0 Å². The number of rotatable bonds is 3. The van der Waals surface area contributed by atoms with Gasteiger partial charge in [-0.05, 0) is 51.1 Å². The highest BCUT2D eigenvalue weighted by Crippen LogP contribution is 2.18. The second kappa shape index (κ2) is 8.69. The molecule has 1 N–H and O–H groups in total. The molecule has 1 saturated heterocycles.